The topological polar surface area (TPSA) is 23.8 Å². The van der Waals surface area contributed by atoms with E-state index in [0.29, 0.717) is 11.1 Å². The second kappa shape index (κ2) is 3.89. The van der Waals surface area contributed by atoms with Crippen LogP contribution in [-0.4, -0.2) is 0 Å². The van der Waals surface area contributed by atoms with Crippen molar-refractivity contribution in [1.29, 1.82) is 5.26 Å². The monoisotopic (exact) mass is 241 g/mol. The zero-order chi connectivity index (χ0) is 10.0. The zero-order valence-corrected chi connectivity index (χ0v) is 9.02. The number of hydrogen-bond acceptors (Lipinski definition) is 1. The first-order valence-electron chi connectivity index (χ1n) is 3.91. The van der Waals surface area contributed by atoms with E-state index in [9.17, 15) is 4.39 Å². The Labute approximate surface area is 85.3 Å². The molecular formula is C10H9BrFN. The van der Waals surface area contributed by atoms with E-state index in [4.69, 9.17) is 5.26 Å². The van der Waals surface area contributed by atoms with Gasteiger partial charge in [0.2, 0.25) is 0 Å². The summed E-state index contributed by atoms with van der Waals surface area (Å²) in [6.45, 7) is 3.37. The van der Waals surface area contributed by atoms with Gasteiger partial charge in [0.15, 0.2) is 0 Å². The molecular weight excluding hydrogens is 233 g/mol. The maximum absolute atomic E-state index is 13.4. The Morgan fingerprint density at radius 3 is 2.69 bits per heavy atom. The van der Waals surface area contributed by atoms with Crippen LogP contribution < -0.4 is 0 Å². The summed E-state index contributed by atoms with van der Waals surface area (Å²) in [5.74, 6) is -0.687. The Bertz CT molecular complexity index is 368. The summed E-state index contributed by atoms with van der Waals surface area (Å²) in [6.07, 6.45) is 0. The van der Waals surface area contributed by atoms with E-state index in [1.165, 1.54) is 0 Å². The summed E-state index contributed by atoms with van der Waals surface area (Å²) >= 11 is 3.27. The fourth-order valence-corrected chi connectivity index (χ4v) is 1.73. The van der Waals surface area contributed by atoms with Gasteiger partial charge in [0.05, 0.1) is 12.0 Å². The molecule has 1 rings (SSSR count). The molecule has 1 atom stereocenters. The normalized spacial score (nSPS) is 12.2. The Morgan fingerprint density at radius 1 is 1.54 bits per heavy atom. The molecule has 0 fully saturated rings. The van der Waals surface area contributed by atoms with Crippen molar-refractivity contribution in [3.8, 4) is 6.07 Å². The Morgan fingerprint density at radius 2 is 2.15 bits per heavy atom. The van der Waals surface area contributed by atoms with E-state index in [-0.39, 0.29) is 5.82 Å². The minimum atomic E-state index is -0.406. The molecule has 1 unspecified atom stereocenters. The summed E-state index contributed by atoms with van der Waals surface area (Å²) in [5.41, 5.74) is 1.01. The smallest absolute Gasteiger partial charge is 0.130 e. The van der Waals surface area contributed by atoms with Crippen molar-refractivity contribution >= 4 is 15.9 Å². The van der Waals surface area contributed by atoms with E-state index in [1.54, 1.807) is 26.0 Å². The first kappa shape index (κ1) is 10.2. The first-order valence-corrected chi connectivity index (χ1v) is 4.70. The molecule has 0 saturated heterocycles. The van der Waals surface area contributed by atoms with Crippen molar-refractivity contribution < 1.29 is 4.39 Å². The predicted octanol–water partition coefficient (Wildman–Crippen LogP) is 3.52. The second-order valence-electron chi connectivity index (χ2n) is 2.98. The highest BCUT2D eigenvalue weighted by molar-refractivity contribution is 9.10. The summed E-state index contributed by atoms with van der Waals surface area (Å²) in [4.78, 5) is 0. The lowest BCUT2D eigenvalue weighted by atomic mass is 10.00. The summed E-state index contributed by atoms with van der Waals surface area (Å²) in [7, 11) is 0. The largest absolute Gasteiger partial charge is 0.206 e. The minimum Gasteiger partial charge on any atom is -0.206 e. The van der Waals surface area contributed by atoms with Crippen molar-refractivity contribution in [2.75, 3.05) is 0 Å². The lowest BCUT2D eigenvalue weighted by Gasteiger charge is -2.07. The Balaban J connectivity index is 3.30. The average molecular weight is 242 g/mol. The van der Waals surface area contributed by atoms with Crippen LogP contribution in [0.25, 0.3) is 0 Å². The first-order chi connectivity index (χ1) is 6.06. The maximum Gasteiger partial charge on any atom is 0.130 e. The van der Waals surface area contributed by atoms with Crippen LogP contribution in [-0.2, 0) is 0 Å². The molecule has 0 aromatic heterocycles. The molecule has 13 heavy (non-hydrogen) atoms. The van der Waals surface area contributed by atoms with Crippen LogP contribution in [0.15, 0.2) is 16.6 Å². The van der Waals surface area contributed by atoms with E-state index in [0.717, 1.165) is 4.47 Å². The summed E-state index contributed by atoms with van der Waals surface area (Å²) in [6, 6.07) is 5.36. The van der Waals surface area contributed by atoms with Crippen LogP contribution in [0.4, 0.5) is 4.39 Å². The fraction of sp³-hybridized carbons (Fsp3) is 0.300. The Hall–Kier alpha value is -0.880. The van der Waals surface area contributed by atoms with Gasteiger partial charge >= 0.3 is 0 Å². The van der Waals surface area contributed by atoms with Crippen molar-refractivity contribution in [2.24, 2.45) is 0 Å². The quantitative estimate of drug-likeness (QED) is 0.739. The standard InChI is InChI=1S/C10H9BrFN/c1-6-3-8(11)4-9(10(6)12)7(2)5-13/h3-4,7H,1-2H3. The van der Waals surface area contributed by atoms with Crippen LogP contribution in [0, 0.1) is 24.1 Å². The molecule has 3 heteroatoms. The molecule has 0 bridgehead atoms. The average Bonchev–Trinajstić information content (AvgIpc) is 2.10. The van der Waals surface area contributed by atoms with Crippen LogP contribution in [0.1, 0.15) is 24.0 Å². The molecule has 1 nitrogen and oxygen atoms in total. The number of benzene rings is 1. The molecule has 0 aliphatic carbocycles. The van der Waals surface area contributed by atoms with Gasteiger partial charge < -0.3 is 0 Å². The molecule has 0 radical (unpaired) electrons. The van der Waals surface area contributed by atoms with Crippen molar-refractivity contribution in [3.05, 3.63) is 33.5 Å². The molecule has 1 aromatic rings. The SMILES string of the molecule is Cc1cc(Br)cc(C(C)C#N)c1F. The molecule has 0 spiro atoms. The fourth-order valence-electron chi connectivity index (χ4n) is 1.14. The van der Waals surface area contributed by atoms with Crippen LogP contribution >= 0.6 is 15.9 Å². The van der Waals surface area contributed by atoms with Gasteiger partial charge in [-0.1, -0.05) is 15.9 Å². The molecule has 0 saturated carbocycles. The molecule has 68 valence electrons. The molecule has 0 amide bonds. The van der Waals surface area contributed by atoms with Gasteiger partial charge in [-0.15, -0.1) is 0 Å². The van der Waals surface area contributed by atoms with Gasteiger partial charge in [-0.05, 0) is 31.5 Å². The Kier molecular flexibility index (Phi) is 3.05. The van der Waals surface area contributed by atoms with Gasteiger partial charge in [0, 0.05) is 10.0 Å². The summed E-state index contributed by atoms with van der Waals surface area (Å²) in [5, 5.41) is 8.66. The number of hydrogen-bond donors (Lipinski definition) is 0. The van der Waals surface area contributed by atoms with Crippen molar-refractivity contribution in [2.45, 2.75) is 19.8 Å². The van der Waals surface area contributed by atoms with Crippen LogP contribution in [0.3, 0.4) is 0 Å². The van der Waals surface area contributed by atoms with Gasteiger partial charge in [0.1, 0.15) is 5.82 Å². The second-order valence-corrected chi connectivity index (χ2v) is 3.89. The maximum atomic E-state index is 13.4. The number of nitrogens with zero attached hydrogens (tertiary/aromatic N) is 1. The highest BCUT2D eigenvalue weighted by Gasteiger charge is 2.12. The third-order valence-electron chi connectivity index (χ3n) is 1.91. The van der Waals surface area contributed by atoms with Gasteiger partial charge in [-0.3, -0.25) is 0 Å². The van der Waals surface area contributed by atoms with E-state index >= 15 is 0 Å². The van der Waals surface area contributed by atoms with E-state index < -0.39 is 5.92 Å². The highest BCUT2D eigenvalue weighted by Crippen LogP contribution is 2.25. The highest BCUT2D eigenvalue weighted by atomic mass is 79.9. The number of halogens is 2. The predicted molar refractivity (Wildman–Crippen MR) is 52.9 cm³/mol. The van der Waals surface area contributed by atoms with Crippen molar-refractivity contribution in [3.63, 3.8) is 0 Å². The van der Waals surface area contributed by atoms with E-state index in [2.05, 4.69) is 15.9 Å². The number of rotatable bonds is 1. The third kappa shape index (κ3) is 2.07. The molecule has 0 aliphatic heterocycles. The van der Waals surface area contributed by atoms with E-state index in [1.807, 2.05) is 6.07 Å². The zero-order valence-electron chi connectivity index (χ0n) is 7.44. The van der Waals surface area contributed by atoms with Gasteiger partial charge in [0.25, 0.3) is 0 Å². The lowest BCUT2D eigenvalue weighted by molar-refractivity contribution is 0.597. The number of aryl methyl sites for hydroxylation is 1. The number of nitriles is 1. The molecule has 1 aromatic carbocycles. The third-order valence-corrected chi connectivity index (χ3v) is 2.37. The minimum absolute atomic E-state index is 0.280. The van der Waals surface area contributed by atoms with Crippen LogP contribution in [0.5, 0.6) is 0 Å². The van der Waals surface area contributed by atoms with Gasteiger partial charge in [-0.25, -0.2) is 4.39 Å². The van der Waals surface area contributed by atoms with Crippen LogP contribution in [0.2, 0.25) is 0 Å². The van der Waals surface area contributed by atoms with Crippen molar-refractivity contribution in [1.82, 2.24) is 0 Å². The molecule has 0 heterocycles. The molecule has 0 aliphatic rings. The summed E-state index contributed by atoms with van der Waals surface area (Å²) < 4.78 is 14.3. The lowest BCUT2D eigenvalue weighted by Crippen LogP contribution is -1.97. The van der Waals surface area contributed by atoms with Gasteiger partial charge in [-0.2, -0.15) is 5.26 Å². The molecule has 0 N–H and O–H groups in total.